The largest absolute Gasteiger partial charge is 0.288 e. The summed E-state index contributed by atoms with van der Waals surface area (Å²) in [6.07, 6.45) is 0. The molecule has 0 aliphatic rings. The maximum atomic E-state index is 12.6. The highest BCUT2D eigenvalue weighted by Gasteiger charge is 2.15. The molecule has 0 aliphatic heterocycles. The second-order valence-corrected chi connectivity index (χ2v) is 4.84. The van der Waals surface area contributed by atoms with E-state index in [2.05, 4.69) is 0 Å². The molecule has 0 amide bonds. The van der Waals surface area contributed by atoms with Gasteiger partial charge in [-0.05, 0) is 18.2 Å². The lowest BCUT2D eigenvalue weighted by atomic mass is 10.0. The van der Waals surface area contributed by atoms with Crippen LogP contribution >= 0.6 is 0 Å². The Morgan fingerprint density at radius 3 is 1.95 bits per heavy atom. The molecule has 21 heavy (non-hydrogen) atoms. The lowest BCUT2D eigenvalue weighted by Crippen LogP contribution is -2.71. The summed E-state index contributed by atoms with van der Waals surface area (Å²) in [5.74, 6) is 0.0541. The second kappa shape index (κ2) is 6.16. The van der Waals surface area contributed by atoms with Crippen LogP contribution in [0, 0.1) is 0 Å². The molecule has 0 bridgehead atoms. The van der Waals surface area contributed by atoms with Crippen LogP contribution in [0.5, 0.6) is 0 Å². The minimum absolute atomic E-state index is 0.0541. The van der Waals surface area contributed by atoms with Gasteiger partial charge in [0.1, 0.15) is 11.4 Å². The van der Waals surface area contributed by atoms with Crippen molar-refractivity contribution in [2.45, 2.75) is 0 Å². The summed E-state index contributed by atoms with van der Waals surface area (Å²) in [5, 5.41) is 2.04. The Morgan fingerprint density at radius 1 is 0.667 bits per heavy atom. The van der Waals surface area contributed by atoms with Gasteiger partial charge in [0.2, 0.25) is 0 Å². The summed E-state index contributed by atoms with van der Waals surface area (Å²) in [5.41, 5.74) is 3.47. The summed E-state index contributed by atoms with van der Waals surface area (Å²) in [7, 11) is 0. The fourth-order valence-electron chi connectivity index (χ4n) is 2.30. The molecule has 0 atom stereocenters. The van der Waals surface area contributed by atoms with Crippen molar-refractivity contribution in [3.05, 3.63) is 96.1 Å². The predicted molar refractivity (Wildman–Crippen MR) is 84.0 cm³/mol. The molecule has 0 radical (unpaired) electrons. The number of quaternary nitrogens is 1. The van der Waals surface area contributed by atoms with Crippen molar-refractivity contribution in [3.8, 4) is 0 Å². The van der Waals surface area contributed by atoms with E-state index in [1.165, 1.54) is 0 Å². The van der Waals surface area contributed by atoms with E-state index >= 15 is 0 Å². The summed E-state index contributed by atoms with van der Waals surface area (Å²) in [6.45, 7) is 0. The van der Waals surface area contributed by atoms with Crippen LogP contribution in [0.3, 0.4) is 0 Å². The average molecular weight is 274 g/mol. The number of carbonyl (C=O) groups excluding carboxylic acids is 1. The van der Waals surface area contributed by atoms with Crippen molar-refractivity contribution in [1.82, 2.24) is 0 Å². The topological polar surface area (TPSA) is 33.7 Å². The number of ketones is 1. The fourth-order valence-corrected chi connectivity index (χ4v) is 2.30. The summed E-state index contributed by atoms with van der Waals surface area (Å²) in [6, 6.07) is 27.1. The van der Waals surface area contributed by atoms with E-state index in [4.69, 9.17) is 0 Å². The third-order valence-electron chi connectivity index (χ3n) is 3.36. The number of rotatable bonds is 4. The Kier molecular flexibility index (Phi) is 3.90. The van der Waals surface area contributed by atoms with Crippen LogP contribution in [-0.2, 0) is 0 Å². The highest BCUT2D eigenvalue weighted by molar-refractivity contribution is 6.11. The first-order valence-electron chi connectivity index (χ1n) is 6.93. The SMILES string of the molecule is O=C(c1ccccc1)c1ccccc1[NH2+]c1ccccc1. The molecule has 0 fully saturated rings. The molecule has 2 N–H and O–H groups in total. The molecule has 3 aromatic carbocycles. The molecule has 0 unspecified atom stereocenters. The van der Waals surface area contributed by atoms with Crippen LogP contribution in [-0.4, -0.2) is 5.78 Å². The van der Waals surface area contributed by atoms with Crippen molar-refractivity contribution >= 4 is 17.2 Å². The minimum atomic E-state index is 0.0541. The Hall–Kier alpha value is -2.71. The highest BCUT2D eigenvalue weighted by atomic mass is 16.1. The Labute approximate surface area is 124 Å². The van der Waals surface area contributed by atoms with Gasteiger partial charge in [0, 0.05) is 11.6 Å². The molecular formula is C19H16NO+. The summed E-state index contributed by atoms with van der Waals surface area (Å²) >= 11 is 0. The molecule has 2 heteroatoms. The van der Waals surface area contributed by atoms with Crippen molar-refractivity contribution < 1.29 is 10.1 Å². The number of benzene rings is 3. The molecule has 0 aromatic heterocycles. The molecule has 3 aromatic rings. The van der Waals surface area contributed by atoms with Gasteiger partial charge in [-0.25, -0.2) is 0 Å². The molecular weight excluding hydrogens is 258 g/mol. The van der Waals surface area contributed by atoms with Gasteiger partial charge in [0.15, 0.2) is 5.78 Å². The van der Waals surface area contributed by atoms with E-state index in [9.17, 15) is 4.79 Å². The van der Waals surface area contributed by atoms with Crippen molar-refractivity contribution in [2.24, 2.45) is 0 Å². The Balaban J connectivity index is 1.95. The zero-order valence-corrected chi connectivity index (χ0v) is 11.6. The van der Waals surface area contributed by atoms with E-state index in [1.54, 1.807) is 0 Å². The minimum Gasteiger partial charge on any atom is -0.288 e. The molecule has 0 heterocycles. The second-order valence-electron chi connectivity index (χ2n) is 4.84. The lowest BCUT2D eigenvalue weighted by molar-refractivity contribution is -0.478. The molecule has 0 aliphatic carbocycles. The van der Waals surface area contributed by atoms with Gasteiger partial charge >= 0.3 is 0 Å². The molecule has 0 saturated heterocycles. The Bertz CT molecular complexity index is 736. The quantitative estimate of drug-likeness (QED) is 0.574. The molecule has 3 rings (SSSR count). The standard InChI is InChI=1S/C19H15NO/c21-19(15-9-3-1-4-10-15)17-13-7-8-14-18(17)20-16-11-5-2-6-12-16/h1-14,20H/p+1. The molecule has 2 nitrogen and oxygen atoms in total. The first-order valence-corrected chi connectivity index (χ1v) is 6.93. The van der Waals surface area contributed by atoms with Gasteiger partial charge in [-0.3, -0.25) is 10.1 Å². The van der Waals surface area contributed by atoms with Crippen LogP contribution in [0.2, 0.25) is 0 Å². The van der Waals surface area contributed by atoms with E-state index in [0.29, 0.717) is 5.56 Å². The third kappa shape index (κ3) is 3.07. The predicted octanol–water partition coefficient (Wildman–Crippen LogP) is 3.44. The fraction of sp³-hybridized carbons (Fsp3) is 0. The number of hydrogen-bond donors (Lipinski definition) is 1. The van der Waals surface area contributed by atoms with E-state index in [1.807, 2.05) is 90.2 Å². The van der Waals surface area contributed by atoms with Gasteiger partial charge < -0.3 is 0 Å². The number of hydrogen-bond acceptors (Lipinski definition) is 1. The molecule has 102 valence electrons. The molecule has 0 saturated carbocycles. The first-order chi connectivity index (χ1) is 10.3. The van der Waals surface area contributed by atoms with Gasteiger partial charge in [0.05, 0.1) is 5.56 Å². The maximum absolute atomic E-state index is 12.6. The smallest absolute Gasteiger partial charge is 0.199 e. The van der Waals surface area contributed by atoms with Gasteiger partial charge in [-0.1, -0.05) is 60.7 Å². The van der Waals surface area contributed by atoms with Crippen LogP contribution in [0.4, 0.5) is 11.4 Å². The number of nitrogens with two attached hydrogens (primary N) is 1. The average Bonchev–Trinajstić information content (AvgIpc) is 2.56. The van der Waals surface area contributed by atoms with Gasteiger partial charge in [0.25, 0.3) is 0 Å². The summed E-state index contributed by atoms with van der Waals surface area (Å²) in [4.78, 5) is 12.6. The third-order valence-corrected chi connectivity index (χ3v) is 3.36. The van der Waals surface area contributed by atoms with Crippen molar-refractivity contribution in [1.29, 1.82) is 0 Å². The summed E-state index contributed by atoms with van der Waals surface area (Å²) < 4.78 is 0. The monoisotopic (exact) mass is 274 g/mol. The van der Waals surface area contributed by atoms with E-state index in [0.717, 1.165) is 16.9 Å². The van der Waals surface area contributed by atoms with Crippen LogP contribution in [0.25, 0.3) is 0 Å². The maximum Gasteiger partial charge on any atom is 0.199 e. The van der Waals surface area contributed by atoms with E-state index in [-0.39, 0.29) is 5.78 Å². The van der Waals surface area contributed by atoms with Gasteiger partial charge in [-0.2, -0.15) is 0 Å². The van der Waals surface area contributed by atoms with Crippen LogP contribution < -0.4 is 5.32 Å². The number of para-hydroxylation sites is 2. The number of carbonyl (C=O) groups is 1. The normalized spacial score (nSPS) is 10.3. The zero-order chi connectivity index (χ0) is 14.5. The van der Waals surface area contributed by atoms with Gasteiger partial charge in [-0.15, -0.1) is 0 Å². The van der Waals surface area contributed by atoms with Crippen molar-refractivity contribution in [3.63, 3.8) is 0 Å². The first kappa shape index (κ1) is 13.3. The Morgan fingerprint density at radius 2 is 1.24 bits per heavy atom. The van der Waals surface area contributed by atoms with Crippen molar-refractivity contribution in [2.75, 3.05) is 0 Å². The highest BCUT2D eigenvalue weighted by Crippen LogP contribution is 2.16. The molecule has 0 spiro atoms. The zero-order valence-electron chi connectivity index (χ0n) is 11.6. The van der Waals surface area contributed by atoms with Crippen LogP contribution in [0.1, 0.15) is 15.9 Å². The lowest BCUT2D eigenvalue weighted by Gasteiger charge is -2.06. The van der Waals surface area contributed by atoms with Crippen LogP contribution in [0.15, 0.2) is 84.9 Å². The van der Waals surface area contributed by atoms with E-state index < -0.39 is 0 Å².